The second-order valence-corrected chi connectivity index (χ2v) is 18.5. The molecule has 13 rings (SSSR count). The summed E-state index contributed by atoms with van der Waals surface area (Å²) < 4.78 is 2.42. The van der Waals surface area contributed by atoms with Crippen LogP contribution in [0.5, 0.6) is 0 Å². The largest absolute Gasteiger partial charge is 0.310 e. The Morgan fingerprint density at radius 3 is 1.29 bits per heavy atom. The van der Waals surface area contributed by atoms with Crippen LogP contribution < -0.4 is 4.90 Å². The van der Waals surface area contributed by atoms with E-state index in [1.54, 1.807) is 0 Å². The third-order valence-corrected chi connectivity index (χ3v) is 14.2. The summed E-state index contributed by atoms with van der Waals surface area (Å²) in [5.74, 6) is 0. The van der Waals surface area contributed by atoms with Gasteiger partial charge in [0.2, 0.25) is 0 Å². The van der Waals surface area contributed by atoms with Crippen molar-refractivity contribution in [2.45, 2.75) is 0 Å². The van der Waals surface area contributed by atoms with Crippen molar-refractivity contribution in [3.8, 4) is 72.4 Å². The van der Waals surface area contributed by atoms with Gasteiger partial charge in [0.25, 0.3) is 0 Å². The Morgan fingerprint density at radius 2 is 0.681 bits per heavy atom. The Morgan fingerprint density at radius 1 is 0.236 bits per heavy atom. The Labute approximate surface area is 420 Å². The molecule has 0 radical (unpaired) electrons. The van der Waals surface area contributed by atoms with E-state index < -0.39 is 0 Å². The highest BCUT2D eigenvalue weighted by molar-refractivity contribution is 6.17. The van der Waals surface area contributed by atoms with E-state index in [-0.39, 0.29) is 0 Å². The highest BCUT2D eigenvalue weighted by Crippen LogP contribution is 2.44. The maximum atomic E-state index is 2.42. The quantitative estimate of drug-likeness (QED) is 0.133. The van der Waals surface area contributed by atoms with Crippen LogP contribution in [0.15, 0.2) is 291 Å². The van der Waals surface area contributed by atoms with E-state index in [9.17, 15) is 0 Å². The van der Waals surface area contributed by atoms with Crippen LogP contribution in [0.1, 0.15) is 0 Å². The molecule has 1 aromatic heterocycles. The number of para-hydroxylation sites is 2. The molecule has 1 heterocycles. The minimum atomic E-state index is 1.07. The molecule has 0 aliphatic heterocycles. The fraction of sp³-hybridized carbons (Fsp3) is 0. The number of rotatable bonds is 10. The monoisotopic (exact) mass is 916 g/mol. The van der Waals surface area contributed by atoms with Crippen molar-refractivity contribution in [1.29, 1.82) is 0 Å². The second-order valence-electron chi connectivity index (χ2n) is 18.5. The third kappa shape index (κ3) is 7.92. The smallest absolute Gasteiger partial charge is 0.0553 e. The van der Waals surface area contributed by atoms with Gasteiger partial charge in [-0.05, 0) is 144 Å². The maximum absolute atomic E-state index is 2.42. The Bertz CT molecular complexity index is 4020. The highest BCUT2D eigenvalue weighted by atomic mass is 15.1. The number of hydrogen-bond acceptors (Lipinski definition) is 1. The molecule has 0 saturated heterocycles. The fourth-order valence-electron chi connectivity index (χ4n) is 10.6. The fourth-order valence-corrected chi connectivity index (χ4v) is 10.6. The van der Waals surface area contributed by atoms with Gasteiger partial charge in [-0.25, -0.2) is 0 Å². The van der Waals surface area contributed by atoms with Gasteiger partial charge >= 0.3 is 0 Å². The standard InChI is InChI=1S/C70H48N2/c1-4-16-49(17-5-1)51-30-32-52(33-31-51)54-38-42-61(43-39-54)71(62-44-40-55(41-45-62)53-34-36-57(37-35-53)65-28-15-21-56-20-10-11-26-64(56)65)63-25-14-22-58(46-63)67-47-59(50-18-6-2-7-19-50)48-69-70(67)66-27-12-13-29-68(66)72(69)60-23-8-3-9-24-60/h1-48H. The second kappa shape index (κ2) is 18.4. The first-order valence-electron chi connectivity index (χ1n) is 24.7. The first-order chi connectivity index (χ1) is 35.7. The summed E-state index contributed by atoms with van der Waals surface area (Å²) in [7, 11) is 0. The van der Waals surface area contributed by atoms with Crippen molar-refractivity contribution in [3.05, 3.63) is 291 Å². The number of hydrogen-bond donors (Lipinski definition) is 0. The van der Waals surface area contributed by atoms with Gasteiger partial charge in [0, 0.05) is 33.5 Å². The van der Waals surface area contributed by atoms with Crippen LogP contribution >= 0.6 is 0 Å². The number of anilines is 3. The Kier molecular flexibility index (Phi) is 10.9. The normalized spacial score (nSPS) is 11.3. The van der Waals surface area contributed by atoms with Crippen LogP contribution in [0.4, 0.5) is 17.1 Å². The van der Waals surface area contributed by atoms with Crippen molar-refractivity contribution in [2.75, 3.05) is 4.90 Å². The van der Waals surface area contributed by atoms with Crippen LogP contribution in [0.25, 0.3) is 105 Å². The summed E-state index contributed by atoms with van der Waals surface area (Å²) in [6, 6.07) is 106. The summed E-state index contributed by atoms with van der Waals surface area (Å²) in [5, 5.41) is 4.97. The minimum absolute atomic E-state index is 1.07. The lowest BCUT2D eigenvalue weighted by Crippen LogP contribution is -2.10. The first-order valence-corrected chi connectivity index (χ1v) is 24.7. The van der Waals surface area contributed by atoms with Gasteiger partial charge in [-0.1, -0.05) is 224 Å². The Balaban J connectivity index is 0.926. The van der Waals surface area contributed by atoms with Crippen molar-refractivity contribution in [1.82, 2.24) is 4.57 Å². The lowest BCUT2D eigenvalue weighted by atomic mass is 9.94. The first kappa shape index (κ1) is 42.6. The van der Waals surface area contributed by atoms with Crippen LogP contribution in [0.2, 0.25) is 0 Å². The van der Waals surface area contributed by atoms with Crippen LogP contribution in [0, 0.1) is 0 Å². The molecule has 2 heteroatoms. The van der Waals surface area contributed by atoms with Crippen LogP contribution in [0.3, 0.4) is 0 Å². The SMILES string of the molecule is c1ccc(-c2ccc(-c3ccc(N(c4ccc(-c5ccc(-c6cccc7ccccc67)cc5)cc4)c4cccc(-c5cc(-c6ccccc6)cc6c5c5ccccc5n6-c5ccccc5)c4)cc3)cc2)cc1. The number of fused-ring (bicyclic) bond motifs is 4. The van der Waals surface area contributed by atoms with E-state index >= 15 is 0 Å². The molecule has 0 bridgehead atoms. The predicted molar refractivity (Wildman–Crippen MR) is 306 cm³/mol. The zero-order valence-corrected chi connectivity index (χ0v) is 39.6. The van der Waals surface area contributed by atoms with Gasteiger partial charge in [0.05, 0.1) is 11.0 Å². The summed E-state index contributed by atoms with van der Waals surface area (Å²) >= 11 is 0. The van der Waals surface area contributed by atoms with E-state index in [1.165, 1.54) is 93.8 Å². The molecule has 0 amide bonds. The lowest BCUT2D eigenvalue weighted by Gasteiger charge is -2.26. The molecule has 0 unspecified atom stereocenters. The molecule has 338 valence electrons. The highest BCUT2D eigenvalue weighted by Gasteiger charge is 2.20. The van der Waals surface area contributed by atoms with Gasteiger partial charge in [-0.15, -0.1) is 0 Å². The summed E-state index contributed by atoms with van der Waals surface area (Å²) in [4.78, 5) is 2.39. The molecule has 12 aromatic carbocycles. The molecule has 0 N–H and O–H groups in total. The zero-order valence-electron chi connectivity index (χ0n) is 39.6. The average molecular weight is 917 g/mol. The molecule has 72 heavy (non-hydrogen) atoms. The molecule has 0 atom stereocenters. The molecule has 0 fully saturated rings. The van der Waals surface area contributed by atoms with Crippen LogP contribution in [-0.2, 0) is 0 Å². The van der Waals surface area contributed by atoms with Crippen molar-refractivity contribution in [3.63, 3.8) is 0 Å². The maximum Gasteiger partial charge on any atom is 0.0553 e. The lowest BCUT2D eigenvalue weighted by molar-refractivity contribution is 1.18. The predicted octanol–water partition coefficient (Wildman–Crippen LogP) is 19.4. The van der Waals surface area contributed by atoms with Gasteiger partial charge in [0.1, 0.15) is 0 Å². The van der Waals surface area contributed by atoms with Gasteiger partial charge < -0.3 is 9.47 Å². The Hall–Kier alpha value is -9.50. The van der Waals surface area contributed by atoms with Crippen LogP contribution in [-0.4, -0.2) is 4.57 Å². The number of aromatic nitrogens is 1. The molecule has 2 nitrogen and oxygen atoms in total. The molecule has 13 aromatic rings. The topological polar surface area (TPSA) is 8.17 Å². The number of nitrogens with zero attached hydrogens (tertiary/aromatic N) is 2. The van der Waals surface area contributed by atoms with Crippen molar-refractivity contribution in [2.24, 2.45) is 0 Å². The molecular formula is C70H48N2. The van der Waals surface area contributed by atoms with Gasteiger partial charge in [-0.2, -0.15) is 0 Å². The third-order valence-electron chi connectivity index (χ3n) is 14.2. The van der Waals surface area contributed by atoms with E-state index in [0.29, 0.717) is 0 Å². The summed E-state index contributed by atoms with van der Waals surface area (Å²) in [6.07, 6.45) is 0. The van der Waals surface area contributed by atoms with E-state index in [1.807, 2.05) is 0 Å². The van der Waals surface area contributed by atoms with E-state index in [0.717, 1.165) is 28.3 Å². The summed E-state index contributed by atoms with van der Waals surface area (Å²) in [6.45, 7) is 0. The van der Waals surface area contributed by atoms with Gasteiger partial charge in [0.15, 0.2) is 0 Å². The van der Waals surface area contributed by atoms with Crippen molar-refractivity contribution >= 4 is 49.6 Å². The van der Waals surface area contributed by atoms with Gasteiger partial charge in [-0.3, -0.25) is 0 Å². The molecule has 0 aliphatic carbocycles. The zero-order chi connectivity index (χ0) is 47.8. The average Bonchev–Trinajstić information content (AvgIpc) is 3.80. The van der Waals surface area contributed by atoms with Crippen molar-refractivity contribution < 1.29 is 0 Å². The molecule has 0 aliphatic rings. The number of benzene rings is 12. The van der Waals surface area contributed by atoms with E-state index in [2.05, 4.69) is 301 Å². The molecular weight excluding hydrogens is 869 g/mol. The molecule has 0 saturated carbocycles. The minimum Gasteiger partial charge on any atom is -0.310 e. The molecule has 0 spiro atoms. The summed E-state index contributed by atoms with van der Waals surface area (Å²) in [5.41, 5.74) is 21.0. The van der Waals surface area contributed by atoms with E-state index in [4.69, 9.17) is 0 Å².